The highest BCUT2D eigenvalue weighted by Crippen LogP contribution is 2.42. The number of fused-ring (bicyclic) bond motifs is 2. The van der Waals surface area contributed by atoms with Crippen LogP contribution in [-0.4, -0.2) is 154 Å². The Morgan fingerprint density at radius 3 is 1.90 bits per heavy atom. The summed E-state index contributed by atoms with van der Waals surface area (Å²) in [6, 6.07) is 4.94. The quantitative estimate of drug-likeness (QED) is 0.0295. The van der Waals surface area contributed by atoms with Crippen molar-refractivity contribution < 1.29 is 82.8 Å². The van der Waals surface area contributed by atoms with Gasteiger partial charge in [0.05, 0.1) is 49.5 Å². The Bertz CT molecular complexity index is 2960. The maximum Gasteiger partial charge on any atom is 0.407 e. The standard InChI is InChI=1S/C54H62F10N10O8/c1-50(2,53(59,60)61)43(69-49(80)81-6)45(76)67-40(17-31-10-7-30(8-11-31)9-12-32-13-16-42(65-20-32)71-23-35-14-15-36(24-71)73(35)27-52(5)28-82-29-52)41(75)26-72(70-46(77)44(68-48(78)79)51(3,4)54(62,63)64)25-37-38(55)18-33(19-39(37)56)34-21-66-74(22-34)47(57)58/h7-8,10-11,13,16,18-22,35-36,40-41,43-44,47,68,75H,14-15,17,23-29H2,1-6H3,(H,67,76)(H,69,80)(H,70,77)(H,78,79)/t35?,36?,40-,41-,43+,44+/m0/s1. The number of anilines is 1. The summed E-state index contributed by atoms with van der Waals surface area (Å²) < 4.78 is 156. The first-order chi connectivity index (χ1) is 38.3. The zero-order chi connectivity index (χ0) is 60.3. The Kier molecular flexibility index (Phi) is 18.8. The number of carbonyl (C=O) groups is 4. The number of aliphatic hydroxyl groups excluding tert-OH is 1. The van der Waals surface area contributed by atoms with Crippen molar-refractivity contribution in [3.05, 3.63) is 101 Å². The van der Waals surface area contributed by atoms with E-state index in [2.05, 4.69) is 43.7 Å². The van der Waals surface area contributed by atoms with Crippen molar-refractivity contribution in [1.82, 2.24) is 46.0 Å². The first kappa shape index (κ1) is 62.4. The van der Waals surface area contributed by atoms with Crippen molar-refractivity contribution in [3.63, 3.8) is 0 Å². The van der Waals surface area contributed by atoms with Gasteiger partial charge in [0.1, 0.15) is 29.5 Å². The highest BCUT2D eigenvalue weighted by molar-refractivity contribution is 5.87. The zero-order valence-corrected chi connectivity index (χ0v) is 45.3. The number of halogens is 10. The van der Waals surface area contributed by atoms with Crippen LogP contribution in [0.5, 0.6) is 0 Å². The molecule has 6 N–H and O–H groups in total. The first-order valence-corrected chi connectivity index (χ1v) is 25.8. The summed E-state index contributed by atoms with van der Waals surface area (Å²) in [5, 5.41) is 31.0. The third kappa shape index (κ3) is 14.5. The molecule has 2 unspecified atom stereocenters. The van der Waals surface area contributed by atoms with Crippen LogP contribution in [0, 0.1) is 39.7 Å². The van der Waals surface area contributed by atoms with Crippen molar-refractivity contribution in [2.45, 2.75) is 116 Å². The van der Waals surface area contributed by atoms with Gasteiger partial charge in [0.15, 0.2) is 0 Å². The average molecular weight is 1170 g/mol. The number of rotatable bonds is 20. The zero-order valence-electron chi connectivity index (χ0n) is 45.3. The number of pyridine rings is 1. The second kappa shape index (κ2) is 24.7. The predicted molar refractivity (Wildman–Crippen MR) is 274 cm³/mol. The topological polar surface area (TPSA) is 216 Å². The van der Waals surface area contributed by atoms with Gasteiger partial charge in [0, 0.05) is 84.9 Å². The lowest BCUT2D eigenvalue weighted by atomic mass is 9.82. The molecular weight excluding hydrogens is 1110 g/mol. The number of methoxy groups -OCH3 is 1. The van der Waals surface area contributed by atoms with Crippen molar-refractivity contribution >= 4 is 29.8 Å². The summed E-state index contributed by atoms with van der Waals surface area (Å²) in [7, 11) is 0.813. The Hall–Kier alpha value is -7.22. The van der Waals surface area contributed by atoms with Gasteiger partial charge in [0.25, 0.3) is 5.91 Å². The van der Waals surface area contributed by atoms with Crippen LogP contribution in [0.1, 0.15) is 76.3 Å². The second-order valence-corrected chi connectivity index (χ2v) is 22.2. The monoisotopic (exact) mass is 1170 g/mol. The number of carbonyl (C=O) groups excluding carboxylic acids is 3. The van der Waals surface area contributed by atoms with E-state index in [1.807, 2.05) is 22.9 Å². The summed E-state index contributed by atoms with van der Waals surface area (Å²) in [6.07, 6.45) is -11.2. The first-order valence-electron chi connectivity index (χ1n) is 25.8. The minimum Gasteiger partial charge on any atom is -0.465 e. The number of nitrogens with zero attached hydrogens (tertiary/aromatic N) is 6. The summed E-state index contributed by atoms with van der Waals surface area (Å²) >= 11 is 0. The summed E-state index contributed by atoms with van der Waals surface area (Å²) in [4.78, 5) is 61.7. The van der Waals surface area contributed by atoms with Crippen LogP contribution in [-0.2, 0) is 32.0 Å². The maximum atomic E-state index is 16.0. The largest absolute Gasteiger partial charge is 0.465 e. The molecule has 0 aliphatic carbocycles. The number of alkyl halides is 8. The number of nitrogens with one attached hydrogen (secondary N) is 4. The molecule has 3 aliphatic heterocycles. The molecule has 0 spiro atoms. The Labute approximate surface area is 464 Å². The molecule has 0 radical (unpaired) electrons. The van der Waals surface area contributed by atoms with Crippen LogP contribution in [0.15, 0.2) is 67.1 Å². The molecule has 6 atom stereocenters. The number of aliphatic hydroxyl groups is 1. The number of carboxylic acid groups (broad SMARTS) is 1. The molecule has 7 rings (SSSR count). The van der Waals surface area contributed by atoms with E-state index in [1.54, 1.807) is 6.20 Å². The molecule has 28 heteroatoms. The fraction of sp³-hybridized carbons (Fsp3) is 0.519. The summed E-state index contributed by atoms with van der Waals surface area (Å²) in [6.45, 7) is 3.07. The third-order valence-electron chi connectivity index (χ3n) is 15.2. The normalized spacial score (nSPS) is 18.8. The molecule has 3 aliphatic rings. The van der Waals surface area contributed by atoms with Crippen LogP contribution in [0.2, 0.25) is 0 Å². The van der Waals surface area contributed by atoms with Gasteiger partial charge < -0.3 is 40.5 Å². The molecule has 0 saturated carbocycles. The van der Waals surface area contributed by atoms with Crippen LogP contribution < -0.4 is 26.3 Å². The number of hydrazine groups is 1. The van der Waals surface area contributed by atoms with E-state index in [9.17, 15) is 64.5 Å². The van der Waals surface area contributed by atoms with E-state index in [1.165, 1.54) is 29.6 Å². The number of hydrogen-bond donors (Lipinski definition) is 6. The van der Waals surface area contributed by atoms with Gasteiger partial charge in [-0.05, 0) is 94.5 Å². The van der Waals surface area contributed by atoms with Gasteiger partial charge in [-0.2, -0.15) is 40.2 Å². The van der Waals surface area contributed by atoms with Crippen LogP contribution in [0.3, 0.4) is 0 Å². The van der Waals surface area contributed by atoms with Crippen LogP contribution in [0.25, 0.3) is 11.1 Å². The number of piperazine rings is 1. The van der Waals surface area contributed by atoms with Crippen molar-refractivity contribution in [2.24, 2.45) is 16.2 Å². The highest BCUT2D eigenvalue weighted by atomic mass is 19.4. The van der Waals surface area contributed by atoms with E-state index >= 15 is 8.78 Å². The van der Waals surface area contributed by atoms with Crippen molar-refractivity contribution in [3.8, 4) is 23.0 Å². The van der Waals surface area contributed by atoms with E-state index in [0.29, 0.717) is 68.0 Å². The minimum absolute atomic E-state index is 0.166. The highest BCUT2D eigenvalue weighted by Gasteiger charge is 2.57. The Morgan fingerprint density at radius 2 is 1.40 bits per heavy atom. The molecule has 4 aromatic rings. The molecule has 82 heavy (non-hydrogen) atoms. The average Bonchev–Trinajstić information content (AvgIpc) is 4.00. The smallest absolute Gasteiger partial charge is 0.407 e. The minimum atomic E-state index is -5.28. The number of ether oxygens (including phenoxy) is 2. The molecule has 2 aromatic carbocycles. The van der Waals surface area contributed by atoms with Crippen LogP contribution in [0.4, 0.5) is 59.3 Å². The fourth-order valence-corrected chi connectivity index (χ4v) is 9.94. The summed E-state index contributed by atoms with van der Waals surface area (Å²) in [5.74, 6) is 0.659. The molecule has 446 valence electrons. The van der Waals surface area contributed by atoms with Gasteiger partial charge in [0.2, 0.25) is 5.91 Å². The van der Waals surface area contributed by atoms with Gasteiger partial charge in [-0.1, -0.05) is 30.9 Å². The number of hydrogen-bond acceptors (Lipinski definition) is 12. The number of benzene rings is 2. The van der Waals surface area contributed by atoms with E-state index in [-0.39, 0.29) is 26.8 Å². The SMILES string of the molecule is COC(=O)N[C@H](C(=O)N[C@@H](Cc1ccc(C#Cc2ccc(N3CC4CCC(C3)N4CC3(C)COC3)nc2)cc1)[C@@H](O)CN(Cc1c(F)cc(-c2cnn(C(F)F)c2)cc1F)NC(=O)[C@@H](NC(=O)O)C(C)(C)C(F)(F)F)C(C)(C)C(F)(F)F. The number of alkyl carbamates (subject to hydrolysis) is 1. The lowest BCUT2D eigenvalue weighted by Gasteiger charge is -2.48. The molecule has 18 nitrogen and oxygen atoms in total. The van der Waals surface area contributed by atoms with E-state index in [0.717, 1.165) is 71.0 Å². The summed E-state index contributed by atoms with van der Waals surface area (Å²) in [5.41, 5.74) is -4.30. The van der Waals surface area contributed by atoms with Crippen molar-refractivity contribution in [2.75, 3.05) is 51.4 Å². The molecule has 3 saturated heterocycles. The molecular formula is C54H62F10N10O8. The van der Waals surface area contributed by atoms with Gasteiger partial charge in [-0.3, -0.25) is 19.9 Å². The van der Waals surface area contributed by atoms with Crippen molar-refractivity contribution in [1.29, 1.82) is 0 Å². The lowest BCUT2D eigenvalue weighted by Crippen LogP contribution is -2.63. The third-order valence-corrected chi connectivity index (χ3v) is 15.2. The molecule has 3 fully saturated rings. The Balaban J connectivity index is 1.16. The van der Waals surface area contributed by atoms with Gasteiger partial charge in [-0.25, -0.2) is 33.0 Å². The Morgan fingerprint density at radius 1 is 0.829 bits per heavy atom. The molecule has 2 bridgehead atoms. The predicted octanol–water partition coefficient (Wildman–Crippen LogP) is 7.17. The van der Waals surface area contributed by atoms with Gasteiger partial charge >= 0.3 is 31.1 Å². The molecule has 2 aromatic heterocycles. The van der Waals surface area contributed by atoms with E-state index < -0.39 is 115 Å². The fourth-order valence-electron chi connectivity index (χ4n) is 9.94. The van der Waals surface area contributed by atoms with Gasteiger partial charge in [-0.15, -0.1) is 0 Å². The maximum absolute atomic E-state index is 16.0. The molecule has 5 heterocycles. The second-order valence-electron chi connectivity index (χ2n) is 22.2. The lowest BCUT2D eigenvalue weighted by molar-refractivity contribution is -0.221. The van der Waals surface area contributed by atoms with Crippen LogP contribution >= 0.6 is 0 Å². The van der Waals surface area contributed by atoms with E-state index in [4.69, 9.17) is 9.72 Å². The number of amides is 4. The molecule has 4 amide bonds. The number of aromatic nitrogens is 3.